The smallest absolute Gasteiger partial charge is 0.262 e. The molecule has 1 amide bonds. The van der Waals surface area contributed by atoms with E-state index in [1.54, 1.807) is 0 Å². The van der Waals surface area contributed by atoms with Gasteiger partial charge in [0.05, 0.1) is 17.7 Å². The average Bonchev–Trinajstić information content (AvgIpc) is 2.79. The van der Waals surface area contributed by atoms with Crippen molar-refractivity contribution in [2.75, 3.05) is 30.5 Å². The number of hydrogen-bond donors (Lipinski definition) is 2. The van der Waals surface area contributed by atoms with Gasteiger partial charge >= 0.3 is 0 Å². The number of anilines is 2. The number of rotatable bonds is 11. The van der Waals surface area contributed by atoms with E-state index < -0.39 is 0 Å². The van der Waals surface area contributed by atoms with Crippen LogP contribution in [0, 0.1) is 0 Å². The van der Waals surface area contributed by atoms with E-state index in [0.29, 0.717) is 31.3 Å². The van der Waals surface area contributed by atoms with Crippen LogP contribution in [0.4, 0.5) is 11.4 Å². The minimum absolute atomic E-state index is 0.128. The molecule has 168 valence electrons. The summed E-state index contributed by atoms with van der Waals surface area (Å²) in [7, 11) is 0. The third-order valence-electron chi connectivity index (χ3n) is 4.44. The first-order valence-corrected chi connectivity index (χ1v) is 11.3. The first-order chi connectivity index (χ1) is 15.6. The lowest BCUT2D eigenvalue weighted by molar-refractivity contribution is -0.118. The second-order valence-corrected chi connectivity index (χ2v) is 7.71. The van der Waals surface area contributed by atoms with Crippen LogP contribution in [0.3, 0.4) is 0 Å². The maximum Gasteiger partial charge on any atom is 0.262 e. The molecule has 0 radical (unpaired) electrons. The molecule has 0 atom stereocenters. The monoisotopic (exact) mass is 498 g/mol. The minimum Gasteiger partial charge on any atom is -0.494 e. The molecule has 3 aromatic rings. The Kier molecular flexibility index (Phi) is 8.80. The minimum atomic E-state index is -0.244. The summed E-state index contributed by atoms with van der Waals surface area (Å²) in [5.74, 6) is 1.68. The summed E-state index contributed by atoms with van der Waals surface area (Å²) in [4.78, 5) is 12.2. The molecule has 3 rings (SSSR count). The van der Waals surface area contributed by atoms with Gasteiger partial charge in [-0.3, -0.25) is 4.79 Å². The Morgan fingerprint density at radius 3 is 2.28 bits per heavy atom. The maximum atomic E-state index is 12.2. The Hall–Kier alpha value is -3.19. The van der Waals surface area contributed by atoms with Crippen LogP contribution in [0.25, 0.3) is 0 Å². The average molecular weight is 499 g/mol. The van der Waals surface area contributed by atoms with Gasteiger partial charge in [-0.05, 0) is 83.9 Å². The summed E-state index contributed by atoms with van der Waals surface area (Å²) in [6, 6.07) is 21.0. The van der Waals surface area contributed by atoms with Crippen molar-refractivity contribution in [1.82, 2.24) is 0 Å². The molecule has 0 saturated heterocycles. The van der Waals surface area contributed by atoms with Crippen molar-refractivity contribution >= 4 is 33.2 Å². The lowest BCUT2D eigenvalue weighted by Crippen LogP contribution is -2.20. The lowest BCUT2D eigenvalue weighted by atomic mass is 10.2. The molecule has 0 unspecified atom stereocenters. The van der Waals surface area contributed by atoms with Gasteiger partial charge in [0.25, 0.3) is 5.91 Å². The fourth-order valence-electron chi connectivity index (χ4n) is 3.02. The quantitative estimate of drug-likeness (QED) is 0.345. The molecular formula is C25H27BrN2O4. The molecule has 32 heavy (non-hydrogen) atoms. The Morgan fingerprint density at radius 2 is 1.59 bits per heavy atom. The van der Waals surface area contributed by atoms with Crippen molar-refractivity contribution in [1.29, 1.82) is 0 Å². The maximum absolute atomic E-state index is 12.2. The van der Waals surface area contributed by atoms with Crippen molar-refractivity contribution in [3.63, 3.8) is 0 Å². The predicted molar refractivity (Wildman–Crippen MR) is 131 cm³/mol. The van der Waals surface area contributed by atoms with E-state index >= 15 is 0 Å². The number of benzene rings is 3. The van der Waals surface area contributed by atoms with E-state index in [-0.39, 0.29) is 12.5 Å². The van der Waals surface area contributed by atoms with Crippen molar-refractivity contribution < 1.29 is 19.0 Å². The molecule has 0 aliphatic heterocycles. The van der Waals surface area contributed by atoms with Crippen LogP contribution < -0.4 is 24.8 Å². The molecule has 0 saturated carbocycles. The van der Waals surface area contributed by atoms with Crippen molar-refractivity contribution in [2.24, 2.45) is 0 Å². The Labute approximate surface area is 197 Å². The normalized spacial score (nSPS) is 10.3. The number of nitrogens with one attached hydrogen (secondary N) is 2. The van der Waals surface area contributed by atoms with E-state index in [1.807, 2.05) is 80.6 Å². The van der Waals surface area contributed by atoms with Crippen LogP contribution in [-0.4, -0.2) is 25.7 Å². The molecule has 0 aliphatic rings. The number of para-hydroxylation sites is 1. The molecule has 0 aromatic heterocycles. The molecule has 0 fully saturated rings. The molecule has 0 bridgehead atoms. The number of amides is 1. The summed E-state index contributed by atoms with van der Waals surface area (Å²) in [5, 5.41) is 6.19. The Bertz CT molecular complexity index is 1010. The highest BCUT2D eigenvalue weighted by atomic mass is 79.9. The standard InChI is InChI=1S/C25H27BrN2O4/c1-3-30-21-12-10-19(11-13-21)27-16-18-14-22(26)25(23(15-18)31-4-2)32-17-24(29)28-20-8-6-5-7-9-20/h5-15,27H,3-4,16-17H2,1-2H3,(H,28,29). The second-order valence-electron chi connectivity index (χ2n) is 6.85. The second kappa shape index (κ2) is 12.0. The van der Waals surface area contributed by atoms with Crippen LogP contribution in [0.1, 0.15) is 19.4 Å². The van der Waals surface area contributed by atoms with Gasteiger partial charge in [0.1, 0.15) is 5.75 Å². The number of carbonyl (C=O) groups is 1. The first-order valence-electron chi connectivity index (χ1n) is 10.5. The molecule has 0 aliphatic carbocycles. The third kappa shape index (κ3) is 6.92. The number of carbonyl (C=O) groups excluding carboxylic acids is 1. The van der Waals surface area contributed by atoms with Crippen molar-refractivity contribution in [3.8, 4) is 17.2 Å². The van der Waals surface area contributed by atoms with Gasteiger partial charge in [0.2, 0.25) is 0 Å². The zero-order chi connectivity index (χ0) is 22.8. The topological polar surface area (TPSA) is 68.8 Å². The van der Waals surface area contributed by atoms with Gasteiger partial charge in [0.15, 0.2) is 18.1 Å². The predicted octanol–water partition coefficient (Wildman–Crippen LogP) is 5.88. The van der Waals surface area contributed by atoms with E-state index in [0.717, 1.165) is 27.2 Å². The summed E-state index contributed by atoms with van der Waals surface area (Å²) < 4.78 is 17.8. The van der Waals surface area contributed by atoms with Crippen LogP contribution in [0.5, 0.6) is 17.2 Å². The van der Waals surface area contributed by atoms with Crippen molar-refractivity contribution in [2.45, 2.75) is 20.4 Å². The molecule has 0 heterocycles. The first kappa shape index (κ1) is 23.5. The highest BCUT2D eigenvalue weighted by molar-refractivity contribution is 9.10. The molecule has 3 aromatic carbocycles. The Balaban J connectivity index is 1.63. The lowest BCUT2D eigenvalue weighted by Gasteiger charge is -2.16. The summed E-state index contributed by atoms with van der Waals surface area (Å²) >= 11 is 3.56. The van der Waals surface area contributed by atoms with Crippen LogP contribution in [0.2, 0.25) is 0 Å². The number of hydrogen-bond acceptors (Lipinski definition) is 5. The van der Waals surface area contributed by atoms with Gasteiger partial charge in [-0.15, -0.1) is 0 Å². The third-order valence-corrected chi connectivity index (χ3v) is 5.03. The summed E-state index contributed by atoms with van der Waals surface area (Å²) in [5.41, 5.74) is 2.72. The molecule has 7 heteroatoms. The van der Waals surface area contributed by atoms with Crippen LogP contribution >= 0.6 is 15.9 Å². The van der Waals surface area contributed by atoms with E-state index in [2.05, 4.69) is 26.6 Å². The zero-order valence-corrected chi connectivity index (χ0v) is 19.8. The SMILES string of the molecule is CCOc1ccc(NCc2cc(Br)c(OCC(=O)Nc3ccccc3)c(OCC)c2)cc1. The number of halogens is 1. The molecule has 2 N–H and O–H groups in total. The summed E-state index contributed by atoms with van der Waals surface area (Å²) in [6.45, 7) is 5.46. The summed E-state index contributed by atoms with van der Waals surface area (Å²) in [6.07, 6.45) is 0. The van der Waals surface area contributed by atoms with Gasteiger partial charge in [-0.2, -0.15) is 0 Å². The molecule has 0 spiro atoms. The van der Waals surface area contributed by atoms with E-state index in [1.165, 1.54) is 0 Å². The van der Waals surface area contributed by atoms with Crippen molar-refractivity contribution in [3.05, 3.63) is 76.8 Å². The molecule has 6 nitrogen and oxygen atoms in total. The zero-order valence-electron chi connectivity index (χ0n) is 18.2. The van der Waals surface area contributed by atoms with Crippen LogP contribution in [0.15, 0.2) is 71.2 Å². The Morgan fingerprint density at radius 1 is 0.875 bits per heavy atom. The number of ether oxygens (including phenoxy) is 3. The van der Waals surface area contributed by atoms with Gasteiger partial charge in [0, 0.05) is 17.9 Å². The van der Waals surface area contributed by atoms with E-state index in [4.69, 9.17) is 14.2 Å². The molecular weight excluding hydrogens is 472 g/mol. The van der Waals surface area contributed by atoms with E-state index in [9.17, 15) is 4.79 Å². The fraction of sp³-hybridized carbons (Fsp3) is 0.240. The fourth-order valence-corrected chi connectivity index (χ4v) is 3.63. The van der Waals surface area contributed by atoms with Gasteiger partial charge in [-0.25, -0.2) is 0 Å². The highest BCUT2D eigenvalue weighted by Gasteiger charge is 2.14. The van der Waals surface area contributed by atoms with Gasteiger partial charge in [-0.1, -0.05) is 18.2 Å². The van der Waals surface area contributed by atoms with Crippen LogP contribution in [-0.2, 0) is 11.3 Å². The largest absolute Gasteiger partial charge is 0.494 e. The highest BCUT2D eigenvalue weighted by Crippen LogP contribution is 2.37. The van der Waals surface area contributed by atoms with Gasteiger partial charge < -0.3 is 24.8 Å².